The Kier molecular flexibility index (Phi) is 5.41. The van der Waals surface area contributed by atoms with Gasteiger partial charge in [0, 0.05) is 26.2 Å². The van der Waals surface area contributed by atoms with Crippen LogP contribution in [-0.4, -0.2) is 50.3 Å². The Hall–Kier alpha value is -0.910. The van der Waals surface area contributed by atoms with Gasteiger partial charge in [0.15, 0.2) is 0 Å². The first-order valence-electron chi connectivity index (χ1n) is 7.81. The van der Waals surface area contributed by atoms with Crippen LogP contribution in [0.5, 0.6) is 0 Å². The Labute approximate surface area is 128 Å². The van der Waals surface area contributed by atoms with Gasteiger partial charge in [0.25, 0.3) is 0 Å². The predicted molar refractivity (Wildman–Crippen MR) is 86.0 cm³/mol. The maximum Gasteiger partial charge on any atom is 0.243 e. The van der Waals surface area contributed by atoms with Crippen LogP contribution in [0.1, 0.15) is 38.7 Å². The lowest BCUT2D eigenvalue weighted by atomic mass is 9.99. The number of hydrogen-bond donors (Lipinski definition) is 0. The Balaban J connectivity index is 2.13. The van der Waals surface area contributed by atoms with Gasteiger partial charge < -0.3 is 4.90 Å². The molecular weight excluding hydrogens is 284 g/mol. The molecule has 1 heterocycles. The van der Waals surface area contributed by atoms with Crippen molar-refractivity contribution in [3.8, 4) is 0 Å². The second-order valence-corrected chi connectivity index (χ2v) is 7.65. The first kappa shape index (κ1) is 16.5. The second-order valence-electron chi connectivity index (χ2n) is 5.72. The van der Waals surface area contributed by atoms with Crippen LogP contribution in [0.3, 0.4) is 0 Å². The Morgan fingerprint density at radius 3 is 2.10 bits per heavy atom. The summed E-state index contributed by atoms with van der Waals surface area (Å²) in [6, 6.07) is 7.40. The molecule has 0 spiro atoms. The molecule has 1 aliphatic rings. The third kappa shape index (κ3) is 3.65. The summed E-state index contributed by atoms with van der Waals surface area (Å²) >= 11 is 0. The van der Waals surface area contributed by atoms with Gasteiger partial charge in [0.05, 0.1) is 4.90 Å². The molecule has 0 aliphatic carbocycles. The number of likely N-dealkylation sites (N-methyl/N-ethyl adjacent to an activating group) is 1. The molecule has 0 bridgehead atoms. The predicted octanol–water partition coefficient (Wildman–Crippen LogP) is 2.53. The second kappa shape index (κ2) is 6.90. The topological polar surface area (TPSA) is 40.6 Å². The maximum absolute atomic E-state index is 12.6. The zero-order valence-corrected chi connectivity index (χ0v) is 14.1. The molecule has 5 heteroatoms. The fourth-order valence-electron chi connectivity index (χ4n) is 2.64. The van der Waals surface area contributed by atoms with E-state index in [1.54, 1.807) is 16.4 Å². The highest BCUT2D eigenvalue weighted by Gasteiger charge is 2.27. The molecule has 21 heavy (non-hydrogen) atoms. The SMILES string of the molecule is CCC(C)c1ccc(S(=O)(=O)N2CCN(CC)CC2)cc1. The van der Waals surface area contributed by atoms with Crippen LogP contribution < -0.4 is 0 Å². The Morgan fingerprint density at radius 1 is 1.05 bits per heavy atom. The minimum absolute atomic E-state index is 0.416. The van der Waals surface area contributed by atoms with E-state index >= 15 is 0 Å². The lowest BCUT2D eigenvalue weighted by Crippen LogP contribution is -2.48. The average Bonchev–Trinajstić information content (AvgIpc) is 2.54. The highest BCUT2D eigenvalue weighted by atomic mass is 32.2. The zero-order chi connectivity index (χ0) is 15.5. The lowest BCUT2D eigenvalue weighted by Gasteiger charge is -2.33. The maximum atomic E-state index is 12.6. The van der Waals surface area contributed by atoms with Gasteiger partial charge in [0.2, 0.25) is 10.0 Å². The Bertz CT molecular complexity index is 546. The van der Waals surface area contributed by atoms with Gasteiger partial charge in [-0.05, 0) is 36.6 Å². The van der Waals surface area contributed by atoms with E-state index in [4.69, 9.17) is 0 Å². The van der Waals surface area contributed by atoms with Crippen molar-refractivity contribution in [3.63, 3.8) is 0 Å². The van der Waals surface area contributed by atoms with Gasteiger partial charge in [-0.25, -0.2) is 8.42 Å². The standard InChI is InChI=1S/C16H26N2O2S/c1-4-14(3)15-6-8-16(9-7-15)21(19,20)18-12-10-17(5-2)11-13-18/h6-9,14H,4-5,10-13H2,1-3H3. The fourth-order valence-corrected chi connectivity index (χ4v) is 4.06. The smallest absolute Gasteiger partial charge is 0.243 e. The molecule has 1 unspecified atom stereocenters. The third-order valence-electron chi connectivity index (χ3n) is 4.48. The monoisotopic (exact) mass is 310 g/mol. The van der Waals surface area contributed by atoms with Gasteiger partial charge in [-0.15, -0.1) is 0 Å². The number of hydrogen-bond acceptors (Lipinski definition) is 3. The van der Waals surface area contributed by atoms with E-state index in [-0.39, 0.29) is 0 Å². The summed E-state index contributed by atoms with van der Waals surface area (Å²) in [6.07, 6.45) is 1.06. The first-order chi connectivity index (χ1) is 9.98. The molecule has 1 atom stereocenters. The molecule has 2 rings (SSSR count). The van der Waals surface area contributed by atoms with Crippen LogP contribution in [-0.2, 0) is 10.0 Å². The third-order valence-corrected chi connectivity index (χ3v) is 6.39. The van der Waals surface area contributed by atoms with Crippen molar-refractivity contribution in [2.45, 2.75) is 38.0 Å². The van der Waals surface area contributed by atoms with Crippen molar-refractivity contribution in [1.82, 2.24) is 9.21 Å². The average molecular weight is 310 g/mol. The molecule has 1 saturated heterocycles. The summed E-state index contributed by atoms with van der Waals surface area (Å²) in [5.74, 6) is 0.467. The van der Waals surface area contributed by atoms with Gasteiger partial charge in [-0.1, -0.05) is 32.9 Å². The van der Waals surface area contributed by atoms with Crippen molar-refractivity contribution in [3.05, 3.63) is 29.8 Å². The van der Waals surface area contributed by atoms with Gasteiger partial charge >= 0.3 is 0 Å². The molecule has 4 nitrogen and oxygen atoms in total. The molecule has 1 aliphatic heterocycles. The molecule has 0 saturated carbocycles. The van der Waals surface area contributed by atoms with Gasteiger partial charge in [0.1, 0.15) is 0 Å². The first-order valence-corrected chi connectivity index (χ1v) is 9.25. The van der Waals surface area contributed by atoms with Crippen LogP contribution in [0.4, 0.5) is 0 Å². The largest absolute Gasteiger partial charge is 0.301 e. The minimum Gasteiger partial charge on any atom is -0.301 e. The number of piperazine rings is 1. The van der Waals surface area contributed by atoms with Crippen molar-refractivity contribution in [1.29, 1.82) is 0 Å². The molecule has 1 fully saturated rings. The van der Waals surface area contributed by atoms with Crippen LogP contribution >= 0.6 is 0 Å². The normalized spacial score (nSPS) is 19.6. The fraction of sp³-hybridized carbons (Fsp3) is 0.625. The van der Waals surface area contributed by atoms with Crippen molar-refractivity contribution >= 4 is 10.0 Å². The molecule has 0 radical (unpaired) electrons. The summed E-state index contributed by atoms with van der Waals surface area (Å²) in [4.78, 5) is 2.69. The van der Waals surface area contributed by atoms with E-state index in [1.807, 2.05) is 12.1 Å². The van der Waals surface area contributed by atoms with Crippen LogP contribution in [0.25, 0.3) is 0 Å². The summed E-state index contributed by atoms with van der Waals surface area (Å²) in [5, 5.41) is 0. The molecular formula is C16H26N2O2S. The number of benzene rings is 1. The van der Waals surface area contributed by atoms with Gasteiger partial charge in [-0.2, -0.15) is 4.31 Å². The van der Waals surface area contributed by atoms with E-state index in [2.05, 4.69) is 25.7 Å². The summed E-state index contributed by atoms with van der Waals surface area (Å²) < 4.78 is 26.9. The van der Waals surface area contributed by atoms with E-state index in [0.29, 0.717) is 23.9 Å². The molecule has 1 aromatic carbocycles. The number of nitrogens with zero attached hydrogens (tertiary/aromatic N) is 2. The number of rotatable bonds is 5. The quantitative estimate of drug-likeness (QED) is 0.839. The number of sulfonamides is 1. The van der Waals surface area contributed by atoms with Crippen molar-refractivity contribution in [2.24, 2.45) is 0 Å². The van der Waals surface area contributed by atoms with Crippen molar-refractivity contribution < 1.29 is 8.42 Å². The highest BCUT2D eigenvalue weighted by molar-refractivity contribution is 7.89. The van der Waals surface area contributed by atoms with E-state index in [1.165, 1.54) is 5.56 Å². The van der Waals surface area contributed by atoms with E-state index in [0.717, 1.165) is 26.1 Å². The minimum atomic E-state index is -3.34. The van der Waals surface area contributed by atoms with E-state index < -0.39 is 10.0 Å². The summed E-state index contributed by atoms with van der Waals surface area (Å²) in [5.41, 5.74) is 1.20. The molecule has 0 amide bonds. The molecule has 1 aromatic rings. The Morgan fingerprint density at radius 2 is 1.62 bits per heavy atom. The lowest BCUT2D eigenvalue weighted by molar-refractivity contribution is 0.196. The molecule has 118 valence electrons. The summed E-state index contributed by atoms with van der Waals surface area (Å²) in [7, 11) is -3.34. The highest BCUT2D eigenvalue weighted by Crippen LogP contribution is 2.22. The molecule has 0 aromatic heterocycles. The summed E-state index contributed by atoms with van der Waals surface area (Å²) in [6.45, 7) is 10.2. The van der Waals surface area contributed by atoms with Crippen LogP contribution in [0.15, 0.2) is 29.2 Å². The van der Waals surface area contributed by atoms with Crippen molar-refractivity contribution in [2.75, 3.05) is 32.7 Å². The van der Waals surface area contributed by atoms with E-state index in [9.17, 15) is 8.42 Å². The zero-order valence-electron chi connectivity index (χ0n) is 13.2. The van der Waals surface area contributed by atoms with Gasteiger partial charge in [-0.3, -0.25) is 0 Å². The van der Waals surface area contributed by atoms with Crippen LogP contribution in [0, 0.1) is 0 Å². The van der Waals surface area contributed by atoms with Crippen LogP contribution in [0.2, 0.25) is 0 Å². The molecule has 0 N–H and O–H groups in total.